The van der Waals surface area contributed by atoms with Crippen LogP contribution in [-0.2, 0) is 12.0 Å². The number of nitrogens with zero attached hydrogens (tertiary/aromatic N) is 3. The molecular formula is C41H35ClN4S. The molecule has 0 aliphatic heterocycles. The maximum atomic E-state index is 7.37. The number of benzene rings is 5. The van der Waals surface area contributed by atoms with E-state index in [4.69, 9.17) is 16.6 Å². The zero-order valence-corrected chi connectivity index (χ0v) is 28.2. The summed E-state index contributed by atoms with van der Waals surface area (Å²) in [6.07, 6.45) is 1.83. The van der Waals surface area contributed by atoms with E-state index < -0.39 is 0 Å². The Hall–Kier alpha value is -4.97. The van der Waals surface area contributed by atoms with Crippen LogP contribution in [0.4, 0.5) is 22.7 Å². The molecule has 7 aromatic rings. The SMILES string of the molecule is CC(C)(C)c1cc(Nc2ccc(-c3nc4ccccc4s3)cc2)c(Cl)c(N(Cc2ccccc2)c2ccc(-c3ccccn3)cc2)c1. The molecule has 2 heterocycles. The molecule has 0 aliphatic carbocycles. The maximum Gasteiger partial charge on any atom is 0.124 e. The summed E-state index contributed by atoms with van der Waals surface area (Å²) in [5.74, 6) is 0. The monoisotopic (exact) mass is 650 g/mol. The number of fused-ring (bicyclic) bond motifs is 1. The summed E-state index contributed by atoms with van der Waals surface area (Å²) < 4.78 is 1.19. The van der Waals surface area contributed by atoms with E-state index in [0.717, 1.165) is 50.1 Å². The average molecular weight is 651 g/mol. The van der Waals surface area contributed by atoms with E-state index >= 15 is 0 Å². The molecule has 0 bridgehead atoms. The second-order valence-corrected chi connectivity index (χ2v) is 14.0. The van der Waals surface area contributed by atoms with E-state index in [1.54, 1.807) is 11.3 Å². The minimum atomic E-state index is -0.103. The van der Waals surface area contributed by atoms with Crippen LogP contribution in [0, 0.1) is 0 Å². The van der Waals surface area contributed by atoms with Gasteiger partial charge in [0.1, 0.15) is 5.01 Å². The number of thiazole rings is 1. The number of hydrogen-bond acceptors (Lipinski definition) is 5. The first-order chi connectivity index (χ1) is 22.8. The number of rotatable bonds is 8. The normalized spacial score (nSPS) is 11.5. The van der Waals surface area contributed by atoms with Crippen LogP contribution in [0.1, 0.15) is 31.9 Å². The molecule has 0 fully saturated rings. The van der Waals surface area contributed by atoms with E-state index in [0.29, 0.717) is 11.6 Å². The third-order valence-electron chi connectivity index (χ3n) is 8.24. The summed E-state index contributed by atoms with van der Waals surface area (Å²) in [5.41, 5.74) is 10.2. The number of pyridine rings is 1. The Kier molecular flexibility index (Phi) is 8.50. The van der Waals surface area contributed by atoms with Gasteiger partial charge in [0.25, 0.3) is 0 Å². The van der Waals surface area contributed by atoms with Gasteiger partial charge in [0.15, 0.2) is 0 Å². The van der Waals surface area contributed by atoms with Crippen molar-refractivity contribution < 1.29 is 0 Å². The van der Waals surface area contributed by atoms with Crippen molar-refractivity contribution in [2.45, 2.75) is 32.7 Å². The molecular weight excluding hydrogens is 616 g/mol. The van der Waals surface area contributed by atoms with E-state index in [1.807, 2.05) is 36.5 Å². The van der Waals surface area contributed by atoms with Gasteiger partial charge in [0.05, 0.1) is 32.3 Å². The molecule has 232 valence electrons. The average Bonchev–Trinajstić information content (AvgIpc) is 3.54. The molecule has 2 aromatic heterocycles. The molecule has 1 N–H and O–H groups in total. The number of nitrogens with one attached hydrogen (secondary N) is 1. The predicted molar refractivity (Wildman–Crippen MR) is 200 cm³/mol. The lowest BCUT2D eigenvalue weighted by Gasteiger charge is -2.30. The quantitative estimate of drug-likeness (QED) is 0.178. The fourth-order valence-electron chi connectivity index (χ4n) is 5.60. The highest BCUT2D eigenvalue weighted by atomic mass is 35.5. The van der Waals surface area contributed by atoms with Gasteiger partial charge in [-0.15, -0.1) is 11.3 Å². The number of para-hydroxylation sites is 1. The molecule has 0 saturated carbocycles. The third kappa shape index (κ3) is 6.78. The lowest BCUT2D eigenvalue weighted by Crippen LogP contribution is -2.19. The molecule has 4 nitrogen and oxygen atoms in total. The minimum absolute atomic E-state index is 0.103. The van der Waals surface area contributed by atoms with Gasteiger partial charge < -0.3 is 10.2 Å². The second-order valence-electron chi connectivity index (χ2n) is 12.6. The predicted octanol–water partition coefficient (Wildman–Crippen LogP) is 12.1. The lowest BCUT2D eigenvalue weighted by atomic mass is 9.86. The Labute approximate surface area is 285 Å². The van der Waals surface area contributed by atoms with Crippen LogP contribution in [0.25, 0.3) is 32.0 Å². The molecule has 0 saturated heterocycles. The Balaban J connectivity index is 1.26. The molecule has 0 radical (unpaired) electrons. The van der Waals surface area contributed by atoms with E-state index in [2.05, 4.69) is 139 Å². The molecule has 0 unspecified atom stereocenters. The Bertz CT molecular complexity index is 2090. The van der Waals surface area contributed by atoms with Crippen LogP contribution >= 0.6 is 22.9 Å². The maximum absolute atomic E-state index is 7.37. The van der Waals surface area contributed by atoms with Gasteiger partial charge in [0, 0.05) is 35.2 Å². The van der Waals surface area contributed by atoms with E-state index in [-0.39, 0.29) is 5.41 Å². The first-order valence-electron chi connectivity index (χ1n) is 15.7. The van der Waals surface area contributed by atoms with Crippen LogP contribution in [0.5, 0.6) is 0 Å². The minimum Gasteiger partial charge on any atom is -0.354 e. The van der Waals surface area contributed by atoms with Crippen molar-refractivity contribution >= 4 is 55.9 Å². The van der Waals surface area contributed by atoms with E-state index in [9.17, 15) is 0 Å². The molecule has 0 atom stereocenters. The summed E-state index contributed by atoms with van der Waals surface area (Å²) in [4.78, 5) is 11.7. The van der Waals surface area contributed by atoms with Crippen molar-refractivity contribution in [3.8, 4) is 21.8 Å². The van der Waals surface area contributed by atoms with Gasteiger partial charge in [0.2, 0.25) is 0 Å². The van der Waals surface area contributed by atoms with Crippen molar-refractivity contribution in [2.24, 2.45) is 0 Å². The summed E-state index contributed by atoms with van der Waals surface area (Å²) >= 11 is 9.08. The van der Waals surface area contributed by atoms with Crippen molar-refractivity contribution in [3.05, 3.63) is 156 Å². The molecule has 47 heavy (non-hydrogen) atoms. The van der Waals surface area contributed by atoms with Gasteiger partial charge >= 0.3 is 0 Å². The highest BCUT2D eigenvalue weighted by Gasteiger charge is 2.23. The highest BCUT2D eigenvalue weighted by molar-refractivity contribution is 7.21. The van der Waals surface area contributed by atoms with Gasteiger partial charge in [-0.2, -0.15) is 0 Å². The van der Waals surface area contributed by atoms with Gasteiger partial charge in [-0.1, -0.05) is 93.0 Å². The van der Waals surface area contributed by atoms with E-state index in [1.165, 1.54) is 15.8 Å². The highest BCUT2D eigenvalue weighted by Crippen LogP contribution is 2.43. The van der Waals surface area contributed by atoms with Crippen molar-refractivity contribution in [2.75, 3.05) is 10.2 Å². The van der Waals surface area contributed by atoms with Crippen LogP contribution < -0.4 is 10.2 Å². The lowest BCUT2D eigenvalue weighted by molar-refractivity contribution is 0.590. The fourth-order valence-corrected chi connectivity index (χ4v) is 6.83. The summed E-state index contributed by atoms with van der Waals surface area (Å²) in [7, 11) is 0. The number of halogens is 1. The summed E-state index contributed by atoms with van der Waals surface area (Å²) in [6, 6.07) is 46.2. The van der Waals surface area contributed by atoms with Crippen LogP contribution in [-0.4, -0.2) is 9.97 Å². The van der Waals surface area contributed by atoms with Crippen LogP contribution in [0.15, 0.2) is 140 Å². The van der Waals surface area contributed by atoms with Crippen LogP contribution in [0.2, 0.25) is 5.02 Å². The molecule has 0 aliphatic rings. The Morgan fingerprint density at radius 2 is 1.45 bits per heavy atom. The van der Waals surface area contributed by atoms with Crippen LogP contribution in [0.3, 0.4) is 0 Å². The van der Waals surface area contributed by atoms with Crippen molar-refractivity contribution in [3.63, 3.8) is 0 Å². The second kappa shape index (κ2) is 13.0. The molecule has 6 heteroatoms. The number of anilines is 4. The van der Waals surface area contributed by atoms with Crippen molar-refractivity contribution in [1.82, 2.24) is 9.97 Å². The third-order valence-corrected chi connectivity index (χ3v) is 9.72. The largest absolute Gasteiger partial charge is 0.354 e. The summed E-state index contributed by atoms with van der Waals surface area (Å²) in [6.45, 7) is 7.37. The smallest absolute Gasteiger partial charge is 0.124 e. The fraction of sp³-hybridized carbons (Fsp3) is 0.122. The zero-order chi connectivity index (χ0) is 32.4. The van der Waals surface area contributed by atoms with Gasteiger partial charge in [-0.3, -0.25) is 4.98 Å². The zero-order valence-electron chi connectivity index (χ0n) is 26.6. The Morgan fingerprint density at radius 3 is 2.15 bits per heavy atom. The molecule has 7 rings (SSSR count). The van der Waals surface area contributed by atoms with Crippen molar-refractivity contribution in [1.29, 1.82) is 0 Å². The topological polar surface area (TPSA) is 41.1 Å². The first-order valence-corrected chi connectivity index (χ1v) is 16.9. The first kappa shape index (κ1) is 30.7. The Morgan fingerprint density at radius 1 is 0.745 bits per heavy atom. The number of aromatic nitrogens is 2. The summed E-state index contributed by atoms with van der Waals surface area (Å²) in [5, 5.41) is 5.32. The van der Waals surface area contributed by atoms with Gasteiger partial charge in [-0.25, -0.2) is 4.98 Å². The molecule has 0 spiro atoms. The standard InChI is InChI=1S/C41H35ClN4S/c1-41(2,3)31-25-36(44-32-20-16-30(17-21-32)40-45-35-14-7-8-15-38(35)47-40)39(42)37(26-31)46(27-28-11-5-4-6-12-28)33-22-18-29(19-23-33)34-13-9-10-24-43-34/h4-26,44H,27H2,1-3H3. The molecule has 5 aromatic carbocycles. The molecule has 0 amide bonds. The van der Waals surface area contributed by atoms with Gasteiger partial charge in [-0.05, 0) is 89.3 Å². The number of hydrogen-bond donors (Lipinski definition) is 1.